The number of rotatable bonds is 3. The van der Waals surface area contributed by atoms with E-state index in [-0.39, 0.29) is 11.9 Å². The second-order valence-corrected chi connectivity index (χ2v) is 6.04. The number of nitrogens with zero attached hydrogens (tertiary/aromatic N) is 1. The minimum atomic E-state index is -0.145. The summed E-state index contributed by atoms with van der Waals surface area (Å²) in [5.41, 5.74) is 6.58. The van der Waals surface area contributed by atoms with Gasteiger partial charge < -0.3 is 11.1 Å². The van der Waals surface area contributed by atoms with E-state index in [0.29, 0.717) is 17.3 Å². The predicted molar refractivity (Wildman–Crippen MR) is 74.5 cm³/mol. The first kappa shape index (κ1) is 12.5. The van der Waals surface area contributed by atoms with E-state index >= 15 is 0 Å². The maximum absolute atomic E-state index is 12.2. The van der Waals surface area contributed by atoms with Gasteiger partial charge in [0.25, 0.3) is 5.91 Å². The molecule has 2 aliphatic rings. The van der Waals surface area contributed by atoms with Crippen LogP contribution in [0.4, 0.5) is 5.69 Å². The highest BCUT2D eigenvalue weighted by Crippen LogP contribution is 2.49. The van der Waals surface area contributed by atoms with Crippen molar-refractivity contribution in [3.63, 3.8) is 0 Å². The Labute approximate surface area is 113 Å². The van der Waals surface area contributed by atoms with Crippen molar-refractivity contribution in [3.05, 3.63) is 24.0 Å². The highest BCUT2D eigenvalue weighted by molar-refractivity contribution is 5.97. The van der Waals surface area contributed by atoms with E-state index in [4.69, 9.17) is 5.73 Å². The molecular formula is C15H21N3O. The van der Waals surface area contributed by atoms with Crippen LogP contribution in [-0.2, 0) is 0 Å². The molecule has 2 bridgehead atoms. The fraction of sp³-hybridized carbons (Fsp3) is 0.600. The van der Waals surface area contributed by atoms with Crippen molar-refractivity contribution in [3.8, 4) is 0 Å². The van der Waals surface area contributed by atoms with Gasteiger partial charge in [0.2, 0.25) is 0 Å². The average molecular weight is 259 g/mol. The summed E-state index contributed by atoms with van der Waals surface area (Å²) < 4.78 is 0. The van der Waals surface area contributed by atoms with Crippen LogP contribution in [0.25, 0.3) is 0 Å². The lowest BCUT2D eigenvalue weighted by Crippen LogP contribution is -2.40. The fourth-order valence-electron chi connectivity index (χ4n) is 3.90. The van der Waals surface area contributed by atoms with Crippen molar-refractivity contribution in [2.75, 3.05) is 5.73 Å². The monoisotopic (exact) mass is 259 g/mol. The van der Waals surface area contributed by atoms with Crippen molar-refractivity contribution >= 4 is 11.6 Å². The summed E-state index contributed by atoms with van der Waals surface area (Å²) in [5, 5.41) is 3.08. The Bertz CT molecular complexity index is 488. The fourth-order valence-corrected chi connectivity index (χ4v) is 3.90. The maximum atomic E-state index is 12.2. The Kier molecular flexibility index (Phi) is 3.17. The van der Waals surface area contributed by atoms with E-state index < -0.39 is 0 Å². The van der Waals surface area contributed by atoms with E-state index in [1.165, 1.54) is 25.7 Å². The Balaban J connectivity index is 1.65. The van der Waals surface area contributed by atoms with E-state index in [1.807, 2.05) is 0 Å². The minimum Gasteiger partial charge on any atom is -0.397 e. The molecule has 2 aliphatic carbocycles. The third kappa shape index (κ3) is 2.31. The Morgan fingerprint density at radius 2 is 2.32 bits per heavy atom. The highest BCUT2D eigenvalue weighted by Gasteiger charge is 2.42. The summed E-state index contributed by atoms with van der Waals surface area (Å²) in [6.45, 7) is 2.11. The van der Waals surface area contributed by atoms with Crippen LogP contribution in [0.3, 0.4) is 0 Å². The quantitative estimate of drug-likeness (QED) is 0.874. The Hall–Kier alpha value is -1.58. The number of hydrogen-bond donors (Lipinski definition) is 2. The minimum absolute atomic E-state index is 0.145. The average Bonchev–Trinajstić information content (AvgIpc) is 3.01. The highest BCUT2D eigenvalue weighted by atomic mass is 16.1. The maximum Gasteiger partial charge on any atom is 0.272 e. The summed E-state index contributed by atoms with van der Waals surface area (Å²) in [4.78, 5) is 16.3. The molecule has 1 heterocycles. The summed E-state index contributed by atoms with van der Waals surface area (Å²) in [6.07, 6.45) is 6.95. The molecule has 4 nitrogen and oxygen atoms in total. The van der Waals surface area contributed by atoms with Gasteiger partial charge in [-0.15, -0.1) is 0 Å². The number of nitrogens with two attached hydrogens (primary N) is 1. The largest absolute Gasteiger partial charge is 0.397 e. The SMILES string of the molecule is CC(NC(=O)c1ncccc1N)C1CC2CCC1C2. The molecule has 4 atom stereocenters. The van der Waals surface area contributed by atoms with Crippen molar-refractivity contribution in [1.82, 2.24) is 10.3 Å². The van der Waals surface area contributed by atoms with Gasteiger partial charge in [-0.1, -0.05) is 6.42 Å². The lowest BCUT2D eigenvalue weighted by Gasteiger charge is -2.28. The van der Waals surface area contributed by atoms with Crippen LogP contribution in [0, 0.1) is 17.8 Å². The smallest absolute Gasteiger partial charge is 0.272 e. The molecule has 0 saturated heterocycles. The molecule has 0 aliphatic heterocycles. The molecule has 1 aromatic heterocycles. The van der Waals surface area contributed by atoms with Crippen LogP contribution in [0.5, 0.6) is 0 Å². The van der Waals surface area contributed by atoms with E-state index in [9.17, 15) is 4.79 Å². The third-order valence-corrected chi connectivity index (χ3v) is 4.85. The summed E-state index contributed by atoms with van der Waals surface area (Å²) >= 11 is 0. The molecule has 0 aromatic carbocycles. The van der Waals surface area contributed by atoms with Gasteiger partial charge in [-0.3, -0.25) is 4.79 Å². The van der Waals surface area contributed by atoms with Crippen molar-refractivity contribution in [1.29, 1.82) is 0 Å². The van der Waals surface area contributed by atoms with E-state index in [1.54, 1.807) is 18.3 Å². The molecule has 19 heavy (non-hydrogen) atoms. The Morgan fingerprint density at radius 3 is 2.95 bits per heavy atom. The standard InChI is InChI=1S/C15H21N3O/c1-9(12-8-10-4-5-11(12)7-10)18-15(19)14-13(16)3-2-6-17-14/h2-3,6,9-12H,4-5,7-8,16H2,1H3,(H,18,19). The number of fused-ring (bicyclic) bond motifs is 2. The molecule has 2 saturated carbocycles. The molecule has 4 heteroatoms. The van der Waals surface area contributed by atoms with Crippen molar-refractivity contribution in [2.24, 2.45) is 17.8 Å². The zero-order chi connectivity index (χ0) is 13.4. The van der Waals surface area contributed by atoms with Gasteiger partial charge >= 0.3 is 0 Å². The molecule has 1 aromatic rings. The number of carbonyl (C=O) groups excluding carboxylic acids is 1. The van der Waals surface area contributed by atoms with Crippen molar-refractivity contribution in [2.45, 2.75) is 38.6 Å². The molecule has 102 valence electrons. The first-order chi connectivity index (χ1) is 9.15. The Morgan fingerprint density at radius 1 is 1.47 bits per heavy atom. The van der Waals surface area contributed by atoms with Crippen LogP contribution >= 0.6 is 0 Å². The number of hydrogen-bond acceptors (Lipinski definition) is 3. The normalized spacial score (nSPS) is 30.3. The van der Waals surface area contributed by atoms with Crippen LogP contribution in [-0.4, -0.2) is 16.9 Å². The molecule has 2 fully saturated rings. The zero-order valence-electron chi connectivity index (χ0n) is 11.3. The molecule has 0 spiro atoms. The van der Waals surface area contributed by atoms with Crippen molar-refractivity contribution < 1.29 is 4.79 Å². The molecule has 4 unspecified atom stereocenters. The van der Waals surface area contributed by atoms with Gasteiger partial charge in [-0.2, -0.15) is 0 Å². The van der Waals surface area contributed by atoms with Gasteiger partial charge in [0, 0.05) is 12.2 Å². The summed E-state index contributed by atoms with van der Waals surface area (Å²) in [5.74, 6) is 2.19. The van der Waals surface area contributed by atoms with Crippen LogP contribution < -0.4 is 11.1 Å². The number of nitrogen functional groups attached to an aromatic ring is 1. The summed E-state index contributed by atoms with van der Waals surface area (Å²) in [7, 11) is 0. The van der Waals surface area contributed by atoms with E-state index in [0.717, 1.165) is 11.8 Å². The lowest BCUT2D eigenvalue weighted by molar-refractivity contribution is 0.0911. The first-order valence-corrected chi connectivity index (χ1v) is 7.16. The topological polar surface area (TPSA) is 68.0 Å². The number of pyridine rings is 1. The number of amides is 1. The second-order valence-electron chi connectivity index (χ2n) is 6.04. The lowest BCUT2D eigenvalue weighted by atomic mass is 9.84. The van der Waals surface area contributed by atoms with Gasteiger partial charge in [0.15, 0.2) is 5.69 Å². The number of carbonyl (C=O) groups is 1. The van der Waals surface area contributed by atoms with E-state index in [2.05, 4.69) is 17.2 Å². The molecular weight excluding hydrogens is 238 g/mol. The van der Waals surface area contributed by atoms with Crippen LogP contribution in [0.2, 0.25) is 0 Å². The molecule has 3 N–H and O–H groups in total. The third-order valence-electron chi connectivity index (χ3n) is 4.85. The molecule has 0 radical (unpaired) electrons. The number of aromatic nitrogens is 1. The number of anilines is 1. The van der Waals surface area contributed by atoms with Gasteiger partial charge in [-0.05, 0) is 56.1 Å². The van der Waals surface area contributed by atoms with Gasteiger partial charge in [0.1, 0.15) is 0 Å². The second kappa shape index (κ2) is 4.83. The molecule has 1 amide bonds. The van der Waals surface area contributed by atoms with Gasteiger partial charge in [-0.25, -0.2) is 4.98 Å². The van der Waals surface area contributed by atoms with Gasteiger partial charge in [0.05, 0.1) is 5.69 Å². The summed E-state index contributed by atoms with van der Waals surface area (Å²) in [6, 6.07) is 3.67. The van der Waals surface area contributed by atoms with Crippen LogP contribution in [0.15, 0.2) is 18.3 Å². The number of nitrogens with one attached hydrogen (secondary N) is 1. The first-order valence-electron chi connectivity index (χ1n) is 7.16. The molecule has 3 rings (SSSR count). The van der Waals surface area contributed by atoms with Crippen LogP contribution in [0.1, 0.15) is 43.1 Å². The predicted octanol–water partition coefficient (Wildman–Crippen LogP) is 2.22. The zero-order valence-corrected chi connectivity index (χ0v) is 11.3.